The molecule has 0 bridgehead atoms. The van der Waals surface area contributed by atoms with Crippen molar-refractivity contribution >= 4 is 64.7 Å². The second-order valence-electron chi connectivity index (χ2n) is 24.4. The number of aliphatic carboxylic acids is 1. The van der Waals surface area contributed by atoms with E-state index in [1.54, 1.807) is 72.7 Å². The Balaban J connectivity index is 1.46. The predicted molar refractivity (Wildman–Crippen MR) is 334 cm³/mol. The van der Waals surface area contributed by atoms with Gasteiger partial charge >= 0.3 is 23.9 Å². The number of piperidine rings is 1. The molecule has 1 aromatic heterocycles. The Morgan fingerprint density at radius 3 is 2.11 bits per heavy atom. The zero-order valence-electron chi connectivity index (χ0n) is 52.6. The first-order chi connectivity index (χ1) is 41.1. The number of carbonyl (C=O) groups excluding carboxylic acids is 8. The number of carboxylic acid groups (broad SMARTS) is 1. The molecule has 9 N–H and O–H groups in total. The Kier molecular flexibility index (Phi) is 29.5. The molecule has 1 aliphatic rings. The minimum absolute atomic E-state index is 0.0153. The summed E-state index contributed by atoms with van der Waals surface area (Å²) in [4.78, 5) is 127. The van der Waals surface area contributed by atoms with Gasteiger partial charge in [-0.2, -0.15) is 0 Å². The molecule has 1 fully saturated rings. The number of aromatic nitrogens is 1. The quantitative estimate of drug-likeness (QED) is 0.0176. The van der Waals surface area contributed by atoms with Crippen LogP contribution in [0.15, 0.2) is 53.9 Å². The number of amides is 6. The first-order valence-corrected chi connectivity index (χ1v) is 31.4. The number of nitrogens with two attached hydrogens (primary N) is 2. The summed E-state index contributed by atoms with van der Waals surface area (Å²) < 4.78 is 11.5. The maximum absolute atomic E-state index is 15.0. The van der Waals surface area contributed by atoms with Gasteiger partial charge in [-0.3, -0.25) is 43.3 Å². The van der Waals surface area contributed by atoms with E-state index in [2.05, 4.69) is 27.2 Å². The van der Waals surface area contributed by atoms with Crippen LogP contribution in [0.5, 0.6) is 0 Å². The Morgan fingerprint density at radius 1 is 0.885 bits per heavy atom. The third-order valence-corrected chi connectivity index (χ3v) is 17.0. The van der Waals surface area contributed by atoms with Crippen molar-refractivity contribution in [1.29, 1.82) is 0 Å². The minimum atomic E-state index is -1.25. The lowest BCUT2D eigenvalue weighted by atomic mass is 9.83. The first-order valence-electron chi connectivity index (χ1n) is 30.5. The third kappa shape index (κ3) is 23.8. The van der Waals surface area contributed by atoms with E-state index in [0.717, 1.165) is 36.3 Å². The molecule has 0 saturated carbocycles. The highest BCUT2D eigenvalue weighted by Gasteiger charge is 2.39. The van der Waals surface area contributed by atoms with Gasteiger partial charge in [-0.05, 0) is 119 Å². The fourth-order valence-electron chi connectivity index (χ4n) is 10.5. The second kappa shape index (κ2) is 35.6. The number of nitrogens with one attached hydrogen (secondary N) is 4. The summed E-state index contributed by atoms with van der Waals surface area (Å²) in [6.45, 7) is 17.3. The summed E-state index contributed by atoms with van der Waals surface area (Å²) in [5, 5.41) is 23.5. The summed E-state index contributed by atoms with van der Waals surface area (Å²) in [5.74, 6) is -1.61. The van der Waals surface area contributed by atoms with E-state index in [0.29, 0.717) is 66.8 Å². The van der Waals surface area contributed by atoms with Crippen molar-refractivity contribution in [3.8, 4) is 12.3 Å². The summed E-state index contributed by atoms with van der Waals surface area (Å²) in [7, 11) is 1.93. The van der Waals surface area contributed by atoms with Gasteiger partial charge in [0.2, 0.25) is 17.7 Å². The van der Waals surface area contributed by atoms with Crippen LogP contribution in [-0.2, 0) is 68.9 Å². The number of hydrogen-bond acceptors (Lipinski definition) is 15. The van der Waals surface area contributed by atoms with Crippen LogP contribution in [-0.4, -0.2) is 136 Å². The number of primary amides is 1. The molecule has 1 aliphatic heterocycles. The molecule has 0 radical (unpaired) electrons. The maximum Gasteiger partial charge on any atom is 0.312 e. The number of nitrogens with zero attached hydrogens (tertiary/aromatic N) is 3. The summed E-state index contributed by atoms with van der Waals surface area (Å²) >= 11 is 1.13. The van der Waals surface area contributed by atoms with Gasteiger partial charge < -0.3 is 52.2 Å². The summed E-state index contributed by atoms with van der Waals surface area (Å²) in [6, 6.07) is 9.44. The molecule has 1 saturated heterocycles. The lowest BCUT2D eigenvalue weighted by molar-refractivity contribution is -0.150. The normalized spacial score (nSPS) is 16.0. The van der Waals surface area contributed by atoms with E-state index in [4.69, 9.17) is 32.3 Å². The Hall–Kier alpha value is -7.22. The fraction of sp³-hybridized carbons (Fsp3) is 0.600. The molecule has 4 rings (SSSR count). The molecule has 2 aromatic carbocycles. The Labute approximate surface area is 518 Å². The maximum atomic E-state index is 15.0. The lowest BCUT2D eigenvalue weighted by Gasteiger charge is -2.40. The summed E-state index contributed by atoms with van der Waals surface area (Å²) in [6.07, 6.45) is 10.8. The number of terminal acetylenes is 1. The molecule has 87 heavy (non-hydrogen) atoms. The molecule has 3 aromatic rings. The minimum Gasteiger partial charge on any atom is -0.481 e. The van der Waals surface area contributed by atoms with Crippen molar-refractivity contribution in [2.24, 2.45) is 34.6 Å². The molecular weight excluding hydrogens is 1130 g/mol. The van der Waals surface area contributed by atoms with Crippen molar-refractivity contribution in [2.45, 2.75) is 201 Å². The molecule has 21 nitrogen and oxygen atoms in total. The number of esters is 2. The van der Waals surface area contributed by atoms with E-state index in [1.807, 2.05) is 53.5 Å². The van der Waals surface area contributed by atoms with Gasteiger partial charge in [0.25, 0.3) is 5.91 Å². The van der Waals surface area contributed by atoms with Crippen LogP contribution in [0.25, 0.3) is 0 Å². The molecule has 22 heteroatoms. The summed E-state index contributed by atoms with van der Waals surface area (Å²) in [5.41, 5.74) is 12.8. The van der Waals surface area contributed by atoms with E-state index >= 15 is 4.79 Å². The molecule has 6 amide bonds. The Morgan fingerprint density at radius 2 is 1.53 bits per heavy atom. The van der Waals surface area contributed by atoms with Gasteiger partial charge in [0.05, 0.1) is 30.0 Å². The van der Waals surface area contributed by atoms with Crippen LogP contribution in [0.3, 0.4) is 0 Å². The van der Waals surface area contributed by atoms with Crippen LogP contribution >= 0.6 is 11.3 Å². The molecule has 478 valence electrons. The van der Waals surface area contributed by atoms with Crippen LogP contribution in [0.2, 0.25) is 0 Å². The number of unbranched alkanes of at least 4 members (excludes halogenated alkanes) is 2. The van der Waals surface area contributed by atoms with Crippen LogP contribution in [0.4, 0.5) is 4.79 Å². The number of carboxylic acids is 1. The van der Waals surface area contributed by atoms with Crippen LogP contribution in [0, 0.1) is 35.5 Å². The number of thiazole rings is 1. The predicted octanol–water partition coefficient (Wildman–Crippen LogP) is 6.97. The zero-order chi connectivity index (χ0) is 64.5. The number of urea groups is 1. The van der Waals surface area contributed by atoms with Crippen molar-refractivity contribution in [3.63, 3.8) is 0 Å². The van der Waals surface area contributed by atoms with Crippen molar-refractivity contribution in [2.75, 3.05) is 26.7 Å². The van der Waals surface area contributed by atoms with Crippen LogP contribution < -0.4 is 32.7 Å². The number of rotatable bonds is 36. The topological polar surface area (TPSA) is 312 Å². The number of carbonyl (C=O) groups is 9. The van der Waals surface area contributed by atoms with E-state index in [1.165, 1.54) is 6.92 Å². The second-order valence-corrected chi connectivity index (χ2v) is 25.3. The molecule has 0 unspecified atom stereocenters. The van der Waals surface area contributed by atoms with E-state index in [9.17, 15) is 43.5 Å². The molecular formula is C65H95N9O12S. The smallest absolute Gasteiger partial charge is 0.312 e. The first kappa shape index (κ1) is 72.3. The average Bonchev–Trinajstić information content (AvgIpc) is 3.41. The fourth-order valence-corrected chi connectivity index (χ4v) is 11.3. The number of likely N-dealkylation sites (N-methyl/N-ethyl adjacent to an activating group) is 1. The van der Waals surface area contributed by atoms with Gasteiger partial charge in [-0.1, -0.05) is 103 Å². The number of benzene rings is 2. The molecule has 0 aliphatic carbocycles. The highest BCUT2D eigenvalue weighted by atomic mass is 32.1. The number of ketones is 1. The van der Waals surface area contributed by atoms with E-state index < -0.39 is 77.5 Å². The van der Waals surface area contributed by atoms with Gasteiger partial charge in [0.1, 0.15) is 23.4 Å². The van der Waals surface area contributed by atoms with Crippen molar-refractivity contribution in [3.05, 3.63) is 86.9 Å². The van der Waals surface area contributed by atoms with Gasteiger partial charge in [0.15, 0.2) is 11.9 Å². The van der Waals surface area contributed by atoms with Gasteiger partial charge in [0, 0.05) is 56.7 Å². The van der Waals surface area contributed by atoms with Crippen molar-refractivity contribution < 1.29 is 57.7 Å². The molecule has 2 heterocycles. The number of Topliss-reactive ketones (excluding diaryl/α,β-unsaturated/α-hetero) is 1. The highest BCUT2D eigenvalue weighted by molar-refractivity contribution is 7.09. The van der Waals surface area contributed by atoms with Gasteiger partial charge in [-0.25, -0.2) is 9.78 Å². The van der Waals surface area contributed by atoms with Crippen LogP contribution in [0.1, 0.15) is 177 Å². The number of hydrogen-bond donors (Lipinski definition) is 7. The SMILES string of the molecule is C#CCCCCN(C(=O)[C@@H](NC(=O)[C@H]1CCCCN1C)[C@@H](C)CC)[C@H](C[C@@H](OC(C)=O)c1nc(C(=O)N[C@@H](Cc2ccc(CC(=O)OCc3ccc(CC(=O)[C@H](CCCNC(N)=O)NC(=O)[C@@H](N)C(C)C)cc3)cc2)CC(C)(C)C(=O)O)cs1)C(C)C. The van der Waals surface area contributed by atoms with Gasteiger partial charge in [-0.15, -0.1) is 23.7 Å². The average molecular weight is 1230 g/mol. The molecule has 0 spiro atoms. The van der Waals surface area contributed by atoms with Crippen molar-refractivity contribution in [1.82, 2.24) is 36.1 Å². The van der Waals surface area contributed by atoms with E-state index in [-0.39, 0.29) is 98.8 Å². The monoisotopic (exact) mass is 1230 g/mol. The Bertz CT molecular complexity index is 2820. The standard InChI is InChI=1S/C65H95N9O12S/c1-12-14-15-17-32-74(62(81)57(42(7)13-2)72-59(79)51-21-16-18-31-73(51)11)52(40(3)4)36-54(86-43(8)75)61-71-50(39-87-61)58(78)69-48(37-65(9,10)63(82)83)33-44-22-24-46(25-23-44)35-55(77)85-38-47-28-26-45(27-29-47)34-53(76)49(20-19-30-68-64(67)84)70-60(80)56(66)41(5)6/h1,22-29,39-42,48-49,51-52,54,56-57H,13-21,30-38,66H2,2-11H3,(H,69,78)(H,70,80)(H,72,79)(H,82,83)(H3,67,68,84)/t42-,48-,49-,51+,52+,54+,56-,57-/m0/s1. The highest BCUT2D eigenvalue weighted by Crippen LogP contribution is 2.33. The third-order valence-electron chi connectivity index (χ3n) is 16.1. The largest absolute Gasteiger partial charge is 0.481 e. The zero-order valence-corrected chi connectivity index (χ0v) is 53.4. The molecule has 8 atom stereocenters. The number of likely N-dealkylation sites (tertiary alicyclic amines) is 1. The number of ether oxygens (including phenoxy) is 2. The lowest BCUT2D eigenvalue weighted by Crippen LogP contribution is -2.59.